The topological polar surface area (TPSA) is 162 Å². The van der Waals surface area contributed by atoms with E-state index in [1.807, 2.05) is 0 Å². The van der Waals surface area contributed by atoms with Crippen molar-refractivity contribution in [3.05, 3.63) is 50.3 Å². The lowest BCUT2D eigenvalue weighted by Gasteiger charge is -2.20. The van der Waals surface area contributed by atoms with E-state index in [1.165, 1.54) is 270 Å². The average Bonchev–Trinajstić information content (AvgIpc) is 2.39. The second-order valence-corrected chi connectivity index (χ2v) is 26.5. The maximum Gasteiger partial charge on any atom is 0.340 e. The summed E-state index contributed by atoms with van der Waals surface area (Å²) in [5.74, 6) is -0.528. The number of nitrogens with zero attached hydrogens (tertiary/aromatic N) is 2. The van der Waals surface area contributed by atoms with Crippen molar-refractivity contribution in [3.63, 3.8) is 0 Å². The van der Waals surface area contributed by atoms with Crippen molar-refractivity contribution in [1.82, 2.24) is 9.13 Å². The zero-order valence-corrected chi connectivity index (χ0v) is 57.8. The fraction of sp³-hybridized carbons (Fsp3) is 0.829. The van der Waals surface area contributed by atoms with E-state index < -0.39 is 48.2 Å². The molecule has 0 radical (unpaired) electrons. The Hall–Kier alpha value is -3.97. The molecule has 1 aliphatic rings. The van der Waals surface area contributed by atoms with Gasteiger partial charge in [0, 0.05) is 30.2 Å². The summed E-state index contributed by atoms with van der Waals surface area (Å²) in [5, 5.41) is 10.2. The fourth-order valence-corrected chi connectivity index (χ4v) is 12.4. The molecular formula is C76H132N2O11. The van der Waals surface area contributed by atoms with Gasteiger partial charge in [-0.05, 0) is 45.2 Å². The van der Waals surface area contributed by atoms with E-state index in [1.54, 1.807) is 12.1 Å². The lowest BCUT2D eigenvalue weighted by molar-refractivity contribution is -0.153. The number of benzene rings is 1. The third kappa shape index (κ3) is 36.8. The van der Waals surface area contributed by atoms with Crippen LogP contribution in [0.1, 0.15) is 377 Å². The predicted molar refractivity (Wildman–Crippen MR) is 366 cm³/mol. The van der Waals surface area contributed by atoms with Gasteiger partial charge in [0.05, 0.1) is 32.8 Å². The number of aliphatic hydroxyl groups excluding tert-OH is 1. The molecule has 1 aromatic carbocycles. The minimum Gasteiger partial charge on any atom is -0.490 e. The molecule has 0 spiro atoms. The SMILES string of the molecule is CCCCCCCCCCCCCCCCCCOc1cc(C(=O)n2c(=O)c(C)cn([C@H]3CC(OC(=O)CCC(C)=O)[C@@H](CO)O3)c2=O)cc(OCCCCCCCCCCCCCCCCCC)c1OCCCCCCCCCCCCCCCCCC. The molecule has 0 amide bonds. The summed E-state index contributed by atoms with van der Waals surface area (Å²) in [5.41, 5.74) is -1.57. The molecule has 0 aliphatic carbocycles. The number of unbranched alkanes of at least 4 members (excludes halogenated alkanes) is 45. The third-order valence-corrected chi connectivity index (χ3v) is 18.1. The van der Waals surface area contributed by atoms with Crippen molar-refractivity contribution >= 4 is 17.7 Å². The van der Waals surface area contributed by atoms with Crippen molar-refractivity contribution < 1.29 is 43.2 Å². The Kier molecular flexibility index (Phi) is 47.7. The first-order valence-corrected chi connectivity index (χ1v) is 37.5. The van der Waals surface area contributed by atoms with Crippen LogP contribution >= 0.6 is 0 Å². The monoisotopic (exact) mass is 1250 g/mol. The van der Waals surface area contributed by atoms with Crippen LogP contribution in [0.5, 0.6) is 17.2 Å². The first-order valence-electron chi connectivity index (χ1n) is 37.5. The van der Waals surface area contributed by atoms with Crippen LogP contribution in [0.3, 0.4) is 0 Å². The number of aromatic nitrogens is 2. The number of rotatable bonds is 61. The Bertz CT molecular complexity index is 2160. The minimum absolute atomic E-state index is 0.0105. The van der Waals surface area contributed by atoms with Crippen LogP contribution in [0.25, 0.3) is 0 Å². The largest absolute Gasteiger partial charge is 0.490 e. The Morgan fingerprint density at radius 3 is 1.13 bits per heavy atom. The molecule has 1 saturated heterocycles. The quantitative estimate of drug-likeness (QED) is 0.0496. The fourth-order valence-electron chi connectivity index (χ4n) is 12.4. The van der Waals surface area contributed by atoms with Crippen molar-refractivity contribution in [2.75, 3.05) is 26.4 Å². The minimum atomic E-state index is -1.07. The molecule has 1 fully saturated rings. The number of esters is 1. The lowest BCUT2D eigenvalue weighted by Crippen LogP contribution is -2.45. The van der Waals surface area contributed by atoms with Crippen LogP contribution in [0.15, 0.2) is 27.9 Å². The molecule has 3 rings (SSSR count). The average molecular weight is 1250 g/mol. The molecule has 1 unspecified atom stereocenters. The van der Waals surface area contributed by atoms with Crippen LogP contribution in [0, 0.1) is 6.92 Å². The van der Waals surface area contributed by atoms with Gasteiger partial charge in [-0.3, -0.25) is 19.0 Å². The standard InChI is InChI=1S/C76H132N2O11/c1-6-9-12-15-18-21-24-27-30-33-36-39-42-45-48-51-56-85-68-59-66(75(83)78-74(82)64(4)62-77(76(78)84)71-61-67(70(63-79)88-71)89-72(81)55-54-65(5)80)60-69(86-57-52-49-46-43-40-37-34-31-28-25-22-19-16-13-10-7-2)73(68)87-58-53-50-47-44-41-38-35-32-29-26-23-20-17-14-11-8-3/h59-60,62,67,70-71,79H,6-58,61,63H2,1-5H3/t67?,70-,71-/m1/s1. The number of aryl methyl sites for hydroxylation is 1. The van der Waals surface area contributed by atoms with Gasteiger partial charge < -0.3 is 33.6 Å². The number of Topliss-reactive ketones (excluding diaryl/α,β-unsaturated/α-hetero) is 1. The van der Waals surface area contributed by atoms with E-state index >= 15 is 0 Å². The third-order valence-electron chi connectivity index (χ3n) is 18.1. The van der Waals surface area contributed by atoms with Gasteiger partial charge in [-0.2, -0.15) is 4.57 Å². The van der Waals surface area contributed by atoms with E-state index in [9.17, 15) is 29.1 Å². The molecule has 0 saturated carbocycles. The van der Waals surface area contributed by atoms with Gasteiger partial charge in [0.2, 0.25) is 5.75 Å². The molecular weight excluding hydrogens is 1120 g/mol. The summed E-state index contributed by atoms with van der Waals surface area (Å²) in [7, 11) is 0. The molecule has 2 heterocycles. The highest BCUT2D eigenvalue weighted by Gasteiger charge is 2.40. The molecule has 3 atom stereocenters. The number of ketones is 1. The second kappa shape index (κ2) is 53.5. The van der Waals surface area contributed by atoms with Crippen LogP contribution < -0.4 is 25.5 Å². The Balaban J connectivity index is 1.75. The molecule has 1 aliphatic heterocycles. The summed E-state index contributed by atoms with van der Waals surface area (Å²) in [4.78, 5) is 67.6. The van der Waals surface area contributed by atoms with Gasteiger partial charge in [-0.25, -0.2) is 4.79 Å². The van der Waals surface area contributed by atoms with E-state index in [-0.39, 0.29) is 36.2 Å². The molecule has 13 nitrogen and oxygen atoms in total. The lowest BCUT2D eigenvalue weighted by atomic mass is 10.0. The van der Waals surface area contributed by atoms with E-state index in [0.29, 0.717) is 41.6 Å². The molecule has 512 valence electrons. The molecule has 1 N–H and O–H groups in total. The maximum absolute atomic E-state index is 14.9. The van der Waals surface area contributed by atoms with Gasteiger partial charge in [0.1, 0.15) is 24.2 Å². The predicted octanol–water partition coefficient (Wildman–Crippen LogP) is 20.5. The van der Waals surface area contributed by atoms with Gasteiger partial charge in [-0.15, -0.1) is 0 Å². The summed E-state index contributed by atoms with van der Waals surface area (Å²) in [6, 6.07) is 3.17. The van der Waals surface area contributed by atoms with Gasteiger partial charge in [0.25, 0.3) is 11.5 Å². The number of carbonyl (C=O) groups excluding carboxylic acids is 3. The van der Waals surface area contributed by atoms with Crippen molar-refractivity contribution in [2.45, 2.75) is 381 Å². The molecule has 1 aromatic heterocycles. The van der Waals surface area contributed by atoms with E-state index in [0.717, 1.165) is 62.4 Å². The second-order valence-electron chi connectivity index (χ2n) is 26.5. The Morgan fingerprint density at radius 1 is 0.483 bits per heavy atom. The number of aliphatic hydroxyl groups is 1. The highest BCUT2D eigenvalue weighted by molar-refractivity contribution is 5.97. The van der Waals surface area contributed by atoms with Crippen LogP contribution in [0.4, 0.5) is 0 Å². The van der Waals surface area contributed by atoms with Crippen molar-refractivity contribution in [3.8, 4) is 17.2 Å². The maximum atomic E-state index is 14.9. The highest BCUT2D eigenvalue weighted by atomic mass is 16.6. The van der Waals surface area contributed by atoms with Crippen LogP contribution in [-0.2, 0) is 19.1 Å². The highest BCUT2D eigenvalue weighted by Crippen LogP contribution is 2.40. The van der Waals surface area contributed by atoms with Crippen LogP contribution in [0.2, 0.25) is 0 Å². The molecule has 13 heteroatoms. The summed E-state index contributed by atoms with van der Waals surface area (Å²) < 4.78 is 33.3. The van der Waals surface area contributed by atoms with Gasteiger partial charge in [-0.1, -0.05) is 310 Å². The van der Waals surface area contributed by atoms with E-state index in [2.05, 4.69) is 20.8 Å². The van der Waals surface area contributed by atoms with Crippen LogP contribution in [-0.4, -0.2) is 70.5 Å². The summed E-state index contributed by atoms with van der Waals surface area (Å²) in [6.07, 6.45) is 59.0. The first-order chi connectivity index (χ1) is 43.6. The van der Waals surface area contributed by atoms with Crippen molar-refractivity contribution in [1.29, 1.82) is 0 Å². The first kappa shape index (κ1) is 79.3. The normalized spacial score (nSPS) is 14.8. The number of ether oxygens (including phenoxy) is 5. The van der Waals surface area contributed by atoms with E-state index in [4.69, 9.17) is 23.7 Å². The number of hydrogen-bond acceptors (Lipinski definition) is 11. The van der Waals surface area contributed by atoms with Gasteiger partial charge >= 0.3 is 11.7 Å². The van der Waals surface area contributed by atoms with Gasteiger partial charge in [0.15, 0.2) is 11.5 Å². The Labute approximate surface area is 542 Å². The Morgan fingerprint density at radius 2 is 0.809 bits per heavy atom. The summed E-state index contributed by atoms with van der Waals surface area (Å²) >= 11 is 0. The zero-order valence-electron chi connectivity index (χ0n) is 57.8. The zero-order chi connectivity index (χ0) is 64.2. The smallest absolute Gasteiger partial charge is 0.340 e. The molecule has 89 heavy (non-hydrogen) atoms. The number of carbonyl (C=O) groups is 3. The van der Waals surface area contributed by atoms with Crippen molar-refractivity contribution in [2.24, 2.45) is 0 Å². The summed E-state index contributed by atoms with van der Waals surface area (Å²) in [6.45, 7) is 10.5. The molecule has 0 bridgehead atoms. The molecule has 2 aromatic rings. The number of hydrogen-bond donors (Lipinski definition) is 1.